The first-order valence-corrected chi connectivity index (χ1v) is 11.2. The Labute approximate surface area is 190 Å². The molecule has 2 aromatic carbocycles. The van der Waals surface area contributed by atoms with Crippen LogP contribution in [-0.4, -0.2) is 45.2 Å². The summed E-state index contributed by atoms with van der Waals surface area (Å²) in [5.74, 6) is 0. The molecule has 1 aliphatic heterocycles. The van der Waals surface area contributed by atoms with Crippen LogP contribution in [0.15, 0.2) is 73.3 Å². The molecule has 0 radical (unpaired) electrons. The van der Waals surface area contributed by atoms with Crippen LogP contribution in [0.3, 0.4) is 0 Å². The minimum absolute atomic E-state index is 0.0904. The fourth-order valence-corrected chi connectivity index (χ4v) is 4.21. The summed E-state index contributed by atoms with van der Waals surface area (Å²) in [4.78, 5) is 16.9. The summed E-state index contributed by atoms with van der Waals surface area (Å²) < 4.78 is 2.07. The predicted molar refractivity (Wildman–Crippen MR) is 128 cm³/mol. The molecule has 2 amide bonds. The highest BCUT2D eigenvalue weighted by Gasteiger charge is 2.27. The number of rotatable bonds is 8. The van der Waals surface area contributed by atoms with E-state index < -0.39 is 0 Å². The summed E-state index contributed by atoms with van der Waals surface area (Å²) in [6, 6.07) is 20.7. The minimum Gasteiger partial charge on any atom is -0.335 e. The van der Waals surface area contributed by atoms with Crippen molar-refractivity contribution < 1.29 is 4.79 Å². The number of carbonyl (C=O) groups is 1. The van der Waals surface area contributed by atoms with Gasteiger partial charge >= 0.3 is 6.03 Å². The van der Waals surface area contributed by atoms with Gasteiger partial charge in [-0.3, -0.25) is 4.90 Å². The van der Waals surface area contributed by atoms with Gasteiger partial charge in [0, 0.05) is 44.7 Å². The zero-order chi connectivity index (χ0) is 22.3. The van der Waals surface area contributed by atoms with Crippen LogP contribution in [0.4, 0.5) is 4.79 Å². The Morgan fingerprint density at radius 3 is 2.56 bits per heavy atom. The van der Waals surface area contributed by atoms with E-state index in [1.165, 1.54) is 16.8 Å². The average Bonchev–Trinajstić information content (AvgIpc) is 3.19. The second kappa shape index (κ2) is 10.3. The van der Waals surface area contributed by atoms with Crippen molar-refractivity contribution in [2.45, 2.75) is 33.0 Å². The summed E-state index contributed by atoms with van der Waals surface area (Å²) in [6.45, 7) is 9.96. The molecule has 32 heavy (non-hydrogen) atoms. The molecule has 0 saturated carbocycles. The van der Waals surface area contributed by atoms with Crippen molar-refractivity contribution in [2.75, 3.05) is 19.6 Å². The molecule has 0 spiro atoms. The molecule has 0 saturated heterocycles. The fourth-order valence-electron chi connectivity index (χ4n) is 4.21. The van der Waals surface area contributed by atoms with E-state index in [1.807, 2.05) is 25.1 Å². The van der Waals surface area contributed by atoms with Crippen LogP contribution in [0.25, 0.3) is 5.69 Å². The number of aromatic nitrogens is 2. The lowest BCUT2D eigenvalue weighted by molar-refractivity contribution is 0.197. The summed E-state index contributed by atoms with van der Waals surface area (Å²) >= 11 is 0. The maximum absolute atomic E-state index is 12.6. The van der Waals surface area contributed by atoms with E-state index in [1.54, 1.807) is 11.0 Å². The third kappa shape index (κ3) is 4.92. The molecule has 1 aromatic heterocycles. The maximum atomic E-state index is 12.6. The molecular weight excluding hydrogens is 398 g/mol. The maximum Gasteiger partial charge on any atom is 0.317 e. The number of nitrogens with one attached hydrogen (secondary N) is 1. The Morgan fingerprint density at radius 1 is 1.16 bits per heavy atom. The van der Waals surface area contributed by atoms with E-state index in [2.05, 4.69) is 63.9 Å². The Morgan fingerprint density at radius 2 is 1.88 bits per heavy atom. The van der Waals surface area contributed by atoms with E-state index in [0.29, 0.717) is 19.6 Å². The third-order valence-electron chi connectivity index (χ3n) is 5.88. The lowest BCUT2D eigenvalue weighted by Crippen LogP contribution is -2.40. The van der Waals surface area contributed by atoms with Crippen LogP contribution in [0, 0.1) is 0 Å². The van der Waals surface area contributed by atoms with E-state index in [0.717, 1.165) is 37.4 Å². The number of nitrogens with zero attached hydrogens (tertiary/aromatic N) is 4. The third-order valence-corrected chi connectivity index (χ3v) is 5.88. The highest BCUT2D eigenvalue weighted by Crippen LogP contribution is 2.27. The molecule has 0 atom stereocenters. The minimum atomic E-state index is -0.0904. The first kappa shape index (κ1) is 21.8. The number of hydrogen-bond acceptors (Lipinski definition) is 3. The quantitative estimate of drug-likeness (QED) is 0.548. The molecule has 166 valence electrons. The van der Waals surface area contributed by atoms with E-state index in [9.17, 15) is 4.79 Å². The second-order valence-corrected chi connectivity index (χ2v) is 8.05. The number of urea groups is 1. The molecule has 6 nitrogen and oxygen atoms in total. The van der Waals surface area contributed by atoms with Crippen molar-refractivity contribution in [3.05, 3.63) is 95.8 Å². The van der Waals surface area contributed by atoms with Gasteiger partial charge in [-0.15, -0.1) is 6.58 Å². The van der Waals surface area contributed by atoms with Crippen molar-refractivity contribution in [3.8, 4) is 5.69 Å². The van der Waals surface area contributed by atoms with Crippen molar-refractivity contribution in [3.63, 3.8) is 0 Å². The molecule has 0 bridgehead atoms. The van der Waals surface area contributed by atoms with E-state index in [4.69, 9.17) is 5.10 Å². The fraction of sp³-hybridized carbons (Fsp3) is 0.308. The van der Waals surface area contributed by atoms with Crippen LogP contribution in [0.2, 0.25) is 0 Å². The predicted octanol–water partition coefficient (Wildman–Crippen LogP) is 4.15. The first-order valence-electron chi connectivity index (χ1n) is 11.2. The van der Waals surface area contributed by atoms with Gasteiger partial charge in [0.05, 0.1) is 23.6 Å². The number of hydrogen-bond donors (Lipinski definition) is 1. The molecule has 1 aliphatic rings. The zero-order valence-corrected chi connectivity index (χ0v) is 18.7. The van der Waals surface area contributed by atoms with E-state index in [-0.39, 0.29) is 6.03 Å². The first-order chi connectivity index (χ1) is 15.7. The van der Waals surface area contributed by atoms with Crippen molar-refractivity contribution >= 4 is 6.03 Å². The van der Waals surface area contributed by atoms with Gasteiger partial charge in [0.2, 0.25) is 0 Å². The number of amides is 2. The summed E-state index contributed by atoms with van der Waals surface area (Å²) in [6.07, 6.45) is 2.62. The molecule has 4 rings (SSSR count). The van der Waals surface area contributed by atoms with Crippen LogP contribution in [0.5, 0.6) is 0 Å². The highest BCUT2D eigenvalue weighted by molar-refractivity contribution is 5.74. The van der Waals surface area contributed by atoms with Crippen LogP contribution in [0.1, 0.15) is 29.4 Å². The van der Waals surface area contributed by atoms with Crippen molar-refractivity contribution in [2.24, 2.45) is 0 Å². The monoisotopic (exact) mass is 429 g/mol. The number of para-hydroxylation sites is 1. The molecule has 0 aliphatic carbocycles. The number of carbonyl (C=O) groups excluding carboxylic acids is 1. The van der Waals surface area contributed by atoms with Gasteiger partial charge < -0.3 is 10.2 Å². The summed E-state index contributed by atoms with van der Waals surface area (Å²) in [5, 5.41) is 7.89. The van der Waals surface area contributed by atoms with Gasteiger partial charge in [0.25, 0.3) is 0 Å². The normalized spacial score (nSPS) is 13.4. The number of benzene rings is 2. The van der Waals surface area contributed by atoms with Crippen molar-refractivity contribution in [1.29, 1.82) is 0 Å². The standard InChI is InChI=1S/C26H31N5O/c1-3-16-27-26(32)30(4-2)20-24-23-19-29(18-21-11-7-5-8-12-21)17-15-25(23)31(28-24)22-13-9-6-10-14-22/h3,5-14H,1,4,15-20H2,2H3,(H,27,32). The average molecular weight is 430 g/mol. The van der Waals surface area contributed by atoms with Gasteiger partial charge in [0.15, 0.2) is 0 Å². The van der Waals surface area contributed by atoms with Crippen molar-refractivity contribution in [1.82, 2.24) is 24.9 Å². The molecule has 0 unspecified atom stereocenters. The number of fused-ring (bicyclic) bond motifs is 1. The molecule has 0 fully saturated rings. The Balaban J connectivity index is 1.63. The lowest BCUT2D eigenvalue weighted by atomic mass is 10.0. The SMILES string of the molecule is C=CCNC(=O)N(CC)Cc1nn(-c2ccccc2)c2c1CN(Cc1ccccc1)CC2. The summed E-state index contributed by atoms with van der Waals surface area (Å²) in [5.41, 5.74) is 5.83. The molecule has 2 heterocycles. The Bertz CT molecular complexity index is 1040. The van der Waals surface area contributed by atoms with Crippen LogP contribution >= 0.6 is 0 Å². The summed E-state index contributed by atoms with van der Waals surface area (Å²) in [7, 11) is 0. The van der Waals surface area contributed by atoms with Gasteiger partial charge in [-0.05, 0) is 24.6 Å². The molecule has 3 aromatic rings. The zero-order valence-electron chi connectivity index (χ0n) is 18.7. The highest BCUT2D eigenvalue weighted by atomic mass is 16.2. The topological polar surface area (TPSA) is 53.4 Å². The van der Waals surface area contributed by atoms with Gasteiger partial charge in [-0.1, -0.05) is 54.6 Å². The molecular formula is C26H31N5O. The van der Waals surface area contributed by atoms with Crippen LogP contribution in [-0.2, 0) is 26.1 Å². The van der Waals surface area contributed by atoms with E-state index >= 15 is 0 Å². The smallest absolute Gasteiger partial charge is 0.317 e. The van der Waals surface area contributed by atoms with Gasteiger partial charge in [0.1, 0.15) is 0 Å². The Hall–Kier alpha value is -3.38. The van der Waals surface area contributed by atoms with Gasteiger partial charge in [-0.2, -0.15) is 5.10 Å². The second-order valence-electron chi connectivity index (χ2n) is 8.05. The molecule has 6 heteroatoms. The van der Waals surface area contributed by atoms with Gasteiger partial charge in [-0.25, -0.2) is 9.48 Å². The lowest BCUT2D eigenvalue weighted by Gasteiger charge is -2.28. The largest absolute Gasteiger partial charge is 0.335 e. The van der Waals surface area contributed by atoms with Crippen LogP contribution < -0.4 is 5.32 Å². The Kier molecular flexibility index (Phi) is 7.02. The molecule has 1 N–H and O–H groups in total.